The first-order chi connectivity index (χ1) is 11.4. The molecule has 122 valence electrons. The molecule has 2 aromatic carbocycles. The Balaban J connectivity index is 1.44. The molecule has 4 heteroatoms. The van der Waals surface area contributed by atoms with E-state index in [-0.39, 0.29) is 0 Å². The number of ether oxygens (including phenoxy) is 3. The number of hydrogen-bond donors (Lipinski definition) is 0. The second-order valence-electron chi connectivity index (χ2n) is 5.54. The van der Waals surface area contributed by atoms with Crippen LogP contribution in [-0.4, -0.2) is 44.4 Å². The van der Waals surface area contributed by atoms with E-state index in [9.17, 15) is 0 Å². The van der Waals surface area contributed by atoms with Crippen molar-refractivity contribution in [2.24, 2.45) is 0 Å². The fourth-order valence-corrected chi connectivity index (χ4v) is 2.54. The van der Waals surface area contributed by atoms with E-state index in [2.05, 4.69) is 4.90 Å². The fourth-order valence-electron chi connectivity index (χ4n) is 2.54. The van der Waals surface area contributed by atoms with E-state index in [1.54, 1.807) is 0 Å². The molecule has 3 rings (SSSR count). The molecule has 0 bridgehead atoms. The predicted octanol–water partition coefficient (Wildman–Crippen LogP) is 3.58. The second-order valence-corrected chi connectivity index (χ2v) is 5.54. The van der Waals surface area contributed by atoms with Gasteiger partial charge in [-0.3, -0.25) is 4.90 Å². The molecule has 0 amide bonds. The minimum atomic E-state index is 0.693. The van der Waals surface area contributed by atoms with Crippen molar-refractivity contribution in [3.63, 3.8) is 0 Å². The lowest BCUT2D eigenvalue weighted by Gasteiger charge is -2.19. The summed E-state index contributed by atoms with van der Waals surface area (Å²) in [4.78, 5) is 2.39. The number of benzene rings is 2. The van der Waals surface area contributed by atoms with Gasteiger partial charge in [0.2, 0.25) is 0 Å². The van der Waals surface area contributed by atoms with E-state index in [4.69, 9.17) is 14.2 Å². The summed E-state index contributed by atoms with van der Waals surface area (Å²) in [5, 5.41) is 0. The summed E-state index contributed by atoms with van der Waals surface area (Å²) in [6, 6.07) is 17.5. The average molecular weight is 313 g/mol. The average Bonchev–Trinajstić information content (AvgIpc) is 2.86. The van der Waals surface area contributed by atoms with Crippen molar-refractivity contribution in [2.45, 2.75) is 6.42 Å². The molecule has 2 aromatic rings. The van der Waals surface area contributed by atoms with Gasteiger partial charge < -0.3 is 14.2 Å². The number of rotatable bonds is 6. The van der Waals surface area contributed by atoms with Gasteiger partial charge in [0.15, 0.2) is 0 Å². The van der Waals surface area contributed by atoms with Crippen LogP contribution >= 0.6 is 0 Å². The van der Waals surface area contributed by atoms with Crippen LogP contribution in [0.3, 0.4) is 0 Å². The molecule has 4 nitrogen and oxygen atoms in total. The smallest absolute Gasteiger partial charge is 0.127 e. The Hall–Kier alpha value is -2.04. The van der Waals surface area contributed by atoms with E-state index in [0.717, 1.165) is 56.5 Å². The van der Waals surface area contributed by atoms with Gasteiger partial charge in [0.05, 0.1) is 6.61 Å². The van der Waals surface area contributed by atoms with Gasteiger partial charge in [-0.15, -0.1) is 0 Å². The lowest BCUT2D eigenvalue weighted by atomic mass is 10.3. The highest BCUT2D eigenvalue weighted by Gasteiger charge is 2.08. The summed E-state index contributed by atoms with van der Waals surface area (Å²) >= 11 is 0. The maximum Gasteiger partial charge on any atom is 0.127 e. The Morgan fingerprint density at radius 2 is 1.57 bits per heavy atom. The van der Waals surface area contributed by atoms with Crippen molar-refractivity contribution in [3.05, 3.63) is 54.6 Å². The Kier molecular flexibility index (Phi) is 5.89. The largest absolute Gasteiger partial charge is 0.492 e. The van der Waals surface area contributed by atoms with Gasteiger partial charge in [0.1, 0.15) is 23.9 Å². The van der Waals surface area contributed by atoms with Crippen molar-refractivity contribution in [1.29, 1.82) is 0 Å². The SMILES string of the molecule is c1ccc(Oc2ccc(OCCN3CCCOCC3)cc2)cc1. The first-order valence-electron chi connectivity index (χ1n) is 8.16. The lowest BCUT2D eigenvalue weighted by Crippen LogP contribution is -2.30. The highest BCUT2D eigenvalue weighted by atomic mass is 16.5. The number of para-hydroxylation sites is 1. The third-order valence-corrected chi connectivity index (χ3v) is 3.79. The minimum absolute atomic E-state index is 0.693. The van der Waals surface area contributed by atoms with E-state index >= 15 is 0 Å². The van der Waals surface area contributed by atoms with Crippen LogP contribution in [0, 0.1) is 0 Å². The molecule has 0 radical (unpaired) electrons. The monoisotopic (exact) mass is 313 g/mol. The summed E-state index contributed by atoms with van der Waals surface area (Å²) < 4.78 is 17.0. The molecular formula is C19H23NO3. The molecule has 0 saturated carbocycles. The maximum atomic E-state index is 5.82. The third kappa shape index (κ3) is 5.27. The van der Waals surface area contributed by atoms with Crippen molar-refractivity contribution in [2.75, 3.05) is 39.5 Å². The van der Waals surface area contributed by atoms with Gasteiger partial charge in [0.25, 0.3) is 0 Å². The summed E-state index contributed by atoms with van der Waals surface area (Å²) in [6.45, 7) is 5.41. The molecule has 23 heavy (non-hydrogen) atoms. The van der Waals surface area contributed by atoms with Crippen LogP contribution in [0.15, 0.2) is 54.6 Å². The zero-order valence-corrected chi connectivity index (χ0v) is 13.3. The Labute approximate surface area is 137 Å². The Bertz CT molecular complexity index is 563. The minimum Gasteiger partial charge on any atom is -0.492 e. The first-order valence-corrected chi connectivity index (χ1v) is 8.16. The van der Waals surface area contributed by atoms with Crippen LogP contribution in [0.4, 0.5) is 0 Å². The quantitative estimate of drug-likeness (QED) is 0.815. The highest BCUT2D eigenvalue weighted by molar-refractivity contribution is 5.35. The van der Waals surface area contributed by atoms with Crippen LogP contribution in [-0.2, 0) is 4.74 Å². The number of nitrogens with zero attached hydrogens (tertiary/aromatic N) is 1. The summed E-state index contributed by atoms with van der Waals surface area (Å²) in [5.41, 5.74) is 0. The zero-order valence-electron chi connectivity index (χ0n) is 13.3. The van der Waals surface area contributed by atoms with E-state index in [1.807, 2.05) is 54.6 Å². The molecule has 0 aromatic heterocycles. The van der Waals surface area contributed by atoms with Crippen molar-refractivity contribution < 1.29 is 14.2 Å². The predicted molar refractivity (Wildman–Crippen MR) is 90.3 cm³/mol. The molecule has 0 N–H and O–H groups in total. The van der Waals surface area contributed by atoms with Crippen LogP contribution < -0.4 is 9.47 Å². The van der Waals surface area contributed by atoms with Crippen LogP contribution in [0.5, 0.6) is 17.2 Å². The topological polar surface area (TPSA) is 30.9 Å². The fraction of sp³-hybridized carbons (Fsp3) is 0.368. The molecule has 1 aliphatic heterocycles. The Morgan fingerprint density at radius 3 is 2.39 bits per heavy atom. The molecule has 1 heterocycles. The summed E-state index contributed by atoms with van der Waals surface area (Å²) in [5.74, 6) is 2.52. The summed E-state index contributed by atoms with van der Waals surface area (Å²) in [7, 11) is 0. The first kappa shape index (κ1) is 15.8. The molecule has 1 aliphatic rings. The van der Waals surface area contributed by atoms with E-state index < -0.39 is 0 Å². The maximum absolute atomic E-state index is 5.82. The van der Waals surface area contributed by atoms with Gasteiger partial charge in [0, 0.05) is 26.2 Å². The van der Waals surface area contributed by atoms with Crippen LogP contribution in [0.1, 0.15) is 6.42 Å². The van der Waals surface area contributed by atoms with Crippen LogP contribution in [0.2, 0.25) is 0 Å². The van der Waals surface area contributed by atoms with Gasteiger partial charge in [-0.2, -0.15) is 0 Å². The molecule has 0 unspecified atom stereocenters. The summed E-state index contributed by atoms with van der Waals surface area (Å²) in [6.07, 6.45) is 1.10. The normalized spacial score (nSPS) is 15.8. The second kappa shape index (κ2) is 8.56. The van der Waals surface area contributed by atoms with Gasteiger partial charge in [-0.05, 0) is 42.8 Å². The molecule has 1 fully saturated rings. The van der Waals surface area contributed by atoms with Crippen LogP contribution in [0.25, 0.3) is 0 Å². The standard InChI is InChI=1S/C19H23NO3/c1-2-5-18(6-3-1)23-19-9-7-17(8-10-19)22-16-13-20-11-4-14-21-15-12-20/h1-3,5-10H,4,11-16H2. The van der Waals surface area contributed by atoms with Gasteiger partial charge in [-0.1, -0.05) is 18.2 Å². The molecule has 0 aliphatic carbocycles. The van der Waals surface area contributed by atoms with Crippen molar-refractivity contribution >= 4 is 0 Å². The highest BCUT2D eigenvalue weighted by Crippen LogP contribution is 2.23. The molecule has 0 atom stereocenters. The zero-order chi connectivity index (χ0) is 15.7. The molecular weight excluding hydrogens is 290 g/mol. The van der Waals surface area contributed by atoms with Crippen molar-refractivity contribution in [3.8, 4) is 17.2 Å². The Morgan fingerprint density at radius 1 is 0.826 bits per heavy atom. The molecule has 0 spiro atoms. The van der Waals surface area contributed by atoms with Crippen molar-refractivity contribution in [1.82, 2.24) is 4.90 Å². The van der Waals surface area contributed by atoms with E-state index in [1.165, 1.54) is 0 Å². The lowest BCUT2D eigenvalue weighted by molar-refractivity contribution is 0.137. The van der Waals surface area contributed by atoms with Gasteiger partial charge >= 0.3 is 0 Å². The van der Waals surface area contributed by atoms with Gasteiger partial charge in [-0.25, -0.2) is 0 Å². The number of hydrogen-bond acceptors (Lipinski definition) is 4. The van der Waals surface area contributed by atoms with E-state index in [0.29, 0.717) is 6.61 Å². The molecule has 1 saturated heterocycles. The third-order valence-electron chi connectivity index (χ3n) is 3.79.